The minimum atomic E-state index is -0.250. The van der Waals surface area contributed by atoms with Crippen molar-refractivity contribution in [2.75, 3.05) is 6.54 Å². The van der Waals surface area contributed by atoms with E-state index in [0.29, 0.717) is 12.4 Å². The maximum atomic E-state index is 12.2. The summed E-state index contributed by atoms with van der Waals surface area (Å²) in [5.41, 5.74) is 2.96. The normalized spacial score (nSPS) is 10.6. The standard InChI is InChI=1S/C19H20N4O/c1-3-13-20-19(24)17-21-18(15-7-5-4-6-8-15)23(22-17)16-11-9-14(2)10-12-16/h4-12H,3,13H2,1-2H3,(H,20,24). The predicted molar refractivity (Wildman–Crippen MR) is 94.2 cm³/mol. The van der Waals surface area contributed by atoms with Crippen LogP contribution < -0.4 is 5.32 Å². The van der Waals surface area contributed by atoms with Gasteiger partial charge in [0.2, 0.25) is 5.82 Å². The molecule has 0 unspecified atom stereocenters. The van der Waals surface area contributed by atoms with Crippen LogP contribution in [0.4, 0.5) is 0 Å². The fourth-order valence-corrected chi connectivity index (χ4v) is 2.37. The molecular formula is C19H20N4O. The van der Waals surface area contributed by atoms with Crippen LogP contribution in [0.1, 0.15) is 29.5 Å². The van der Waals surface area contributed by atoms with Crippen LogP contribution in [-0.4, -0.2) is 27.2 Å². The van der Waals surface area contributed by atoms with Gasteiger partial charge in [0.15, 0.2) is 5.82 Å². The first kappa shape index (κ1) is 15.9. The van der Waals surface area contributed by atoms with Gasteiger partial charge in [0.25, 0.3) is 5.91 Å². The highest BCUT2D eigenvalue weighted by Gasteiger charge is 2.18. The van der Waals surface area contributed by atoms with Gasteiger partial charge in [-0.3, -0.25) is 4.79 Å². The van der Waals surface area contributed by atoms with Gasteiger partial charge >= 0.3 is 0 Å². The van der Waals surface area contributed by atoms with Crippen molar-refractivity contribution < 1.29 is 4.79 Å². The highest BCUT2D eigenvalue weighted by molar-refractivity contribution is 5.91. The predicted octanol–water partition coefficient (Wildman–Crippen LogP) is 3.38. The number of aryl methyl sites for hydroxylation is 1. The molecule has 3 aromatic rings. The quantitative estimate of drug-likeness (QED) is 0.784. The van der Waals surface area contributed by atoms with Gasteiger partial charge in [-0.25, -0.2) is 9.67 Å². The molecule has 5 nitrogen and oxygen atoms in total. The average molecular weight is 320 g/mol. The molecule has 0 saturated carbocycles. The third kappa shape index (κ3) is 3.35. The van der Waals surface area contributed by atoms with Crippen molar-refractivity contribution in [1.29, 1.82) is 0 Å². The maximum Gasteiger partial charge on any atom is 0.290 e. The first-order valence-electron chi connectivity index (χ1n) is 8.06. The molecule has 0 aliphatic heterocycles. The van der Waals surface area contributed by atoms with Crippen LogP contribution in [0.2, 0.25) is 0 Å². The number of carbonyl (C=O) groups excluding carboxylic acids is 1. The molecule has 24 heavy (non-hydrogen) atoms. The molecule has 0 aliphatic rings. The van der Waals surface area contributed by atoms with Crippen molar-refractivity contribution in [2.45, 2.75) is 20.3 Å². The third-order valence-electron chi connectivity index (χ3n) is 3.66. The molecule has 1 heterocycles. The number of benzene rings is 2. The van der Waals surface area contributed by atoms with E-state index in [-0.39, 0.29) is 11.7 Å². The second kappa shape index (κ2) is 7.08. The van der Waals surface area contributed by atoms with Crippen LogP contribution in [-0.2, 0) is 0 Å². The number of hydrogen-bond acceptors (Lipinski definition) is 3. The lowest BCUT2D eigenvalue weighted by Gasteiger charge is -2.06. The molecule has 0 fully saturated rings. The Bertz CT molecular complexity index is 822. The fourth-order valence-electron chi connectivity index (χ4n) is 2.37. The number of nitrogens with one attached hydrogen (secondary N) is 1. The summed E-state index contributed by atoms with van der Waals surface area (Å²) in [5, 5.41) is 7.26. The molecule has 1 aromatic heterocycles. The average Bonchev–Trinajstić information content (AvgIpc) is 3.06. The molecule has 1 N–H and O–H groups in total. The first-order valence-corrected chi connectivity index (χ1v) is 8.06. The molecular weight excluding hydrogens is 300 g/mol. The van der Waals surface area contributed by atoms with Gasteiger partial charge in [-0.15, -0.1) is 5.10 Å². The Morgan fingerprint density at radius 3 is 2.46 bits per heavy atom. The Kier molecular flexibility index (Phi) is 4.70. The summed E-state index contributed by atoms with van der Waals surface area (Å²) in [6, 6.07) is 17.7. The number of carbonyl (C=O) groups is 1. The van der Waals surface area contributed by atoms with E-state index >= 15 is 0 Å². The van der Waals surface area contributed by atoms with Gasteiger partial charge in [-0.1, -0.05) is 55.0 Å². The zero-order valence-electron chi connectivity index (χ0n) is 13.9. The topological polar surface area (TPSA) is 59.8 Å². The lowest BCUT2D eigenvalue weighted by atomic mass is 10.2. The molecule has 2 aromatic carbocycles. The van der Waals surface area contributed by atoms with Crippen molar-refractivity contribution in [3.05, 3.63) is 66.0 Å². The number of aromatic nitrogens is 3. The Hall–Kier alpha value is -2.95. The molecule has 1 amide bonds. The zero-order valence-corrected chi connectivity index (χ0v) is 13.9. The van der Waals surface area contributed by atoms with Gasteiger partial charge in [0.1, 0.15) is 0 Å². The van der Waals surface area contributed by atoms with E-state index < -0.39 is 0 Å². The molecule has 0 spiro atoms. The Morgan fingerprint density at radius 2 is 1.79 bits per heavy atom. The van der Waals surface area contributed by atoms with Crippen LogP contribution in [0.3, 0.4) is 0 Å². The van der Waals surface area contributed by atoms with E-state index in [0.717, 1.165) is 17.7 Å². The minimum Gasteiger partial charge on any atom is -0.349 e. The molecule has 0 saturated heterocycles. The number of amides is 1. The summed E-state index contributed by atoms with van der Waals surface area (Å²) < 4.78 is 1.72. The second-order valence-corrected chi connectivity index (χ2v) is 5.63. The van der Waals surface area contributed by atoms with Gasteiger partial charge in [-0.05, 0) is 25.5 Å². The van der Waals surface area contributed by atoms with Gasteiger partial charge in [-0.2, -0.15) is 0 Å². The summed E-state index contributed by atoms with van der Waals surface area (Å²) >= 11 is 0. The maximum absolute atomic E-state index is 12.2. The highest BCUT2D eigenvalue weighted by atomic mass is 16.2. The largest absolute Gasteiger partial charge is 0.349 e. The van der Waals surface area contributed by atoms with E-state index in [4.69, 9.17) is 0 Å². The van der Waals surface area contributed by atoms with Gasteiger partial charge in [0.05, 0.1) is 5.69 Å². The Morgan fingerprint density at radius 1 is 1.08 bits per heavy atom. The number of rotatable bonds is 5. The SMILES string of the molecule is CCCNC(=O)c1nc(-c2ccccc2)n(-c2ccc(C)cc2)n1. The molecule has 0 bridgehead atoms. The van der Waals surface area contributed by atoms with Crippen molar-refractivity contribution in [3.8, 4) is 17.1 Å². The fraction of sp³-hybridized carbons (Fsp3) is 0.211. The van der Waals surface area contributed by atoms with E-state index in [1.165, 1.54) is 5.56 Å². The Labute approximate surface area is 141 Å². The Balaban J connectivity index is 2.06. The summed E-state index contributed by atoms with van der Waals surface area (Å²) in [7, 11) is 0. The molecule has 0 aliphatic carbocycles. The number of hydrogen-bond donors (Lipinski definition) is 1. The zero-order chi connectivity index (χ0) is 16.9. The molecule has 122 valence electrons. The summed E-state index contributed by atoms with van der Waals surface area (Å²) in [5.74, 6) is 0.587. The number of nitrogens with zero attached hydrogens (tertiary/aromatic N) is 3. The summed E-state index contributed by atoms with van der Waals surface area (Å²) in [6.45, 7) is 4.65. The minimum absolute atomic E-state index is 0.183. The highest BCUT2D eigenvalue weighted by Crippen LogP contribution is 2.21. The second-order valence-electron chi connectivity index (χ2n) is 5.63. The molecule has 0 atom stereocenters. The lowest BCUT2D eigenvalue weighted by Crippen LogP contribution is -2.25. The monoisotopic (exact) mass is 320 g/mol. The van der Waals surface area contributed by atoms with Crippen molar-refractivity contribution in [3.63, 3.8) is 0 Å². The van der Waals surface area contributed by atoms with E-state index in [1.54, 1.807) is 4.68 Å². The third-order valence-corrected chi connectivity index (χ3v) is 3.66. The van der Waals surface area contributed by atoms with Crippen molar-refractivity contribution in [2.24, 2.45) is 0 Å². The summed E-state index contributed by atoms with van der Waals surface area (Å²) in [6.07, 6.45) is 0.871. The van der Waals surface area contributed by atoms with Gasteiger partial charge < -0.3 is 5.32 Å². The molecule has 5 heteroatoms. The molecule has 0 radical (unpaired) electrons. The van der Waals surface area contributed by atoms with E-state index in [2.05, 4.69) is 15.4 Å². The van der Waals surface area contributed by atoms with Crippen LogP contribution in [0.5, 0.6) is 0 Å². The lowest BCUT2D eigenvalue weighted by molar-refractivity contribution is 0.0943. The van der Waals surface area contributed by atoms with Crippen LogP contribution in [0.25, 0.3) is 17.1 Å². The van der Waals surface area contributed by atoms with E-state index in [9.17, 15) is 4.79 Å². The first-order chi connectivity index (χ1) is 11.7. The van der Waals surface area contributed by atoms with Gasteiger partial charge in [0, 0.05) is 12.1 Å². The smallest absolute Gasteiger partial charge is 0.290 e. The van der Waals surface area contributed by atoms with Crippen LogP contribution in [0, 0.1) is 6.92 Å². The van der Waals surface area contributed by atoms with Crippen LogP contribution in [0.15, 0.2) is 54.6 Å². The molecule has 3 rings (SSSR count). The van der Waals surface area contributed by atoms with Crippen molar-refractivity contribution in [1.82, 2.24) is 20.1 Å². The summed E-state index contributed by atoms with van der Waals surface area (Å²) in [4.78, 5) is 16.7. The van der Waals surface area contributed by atoms with E-state index in [1.807, 2.05) is 68.4 Å². The van der Waals surface area contributed by atoms with Crippen molar-refractivity contribution >= 4 is 5.91 Å². The van der Waals surface area contributed by atoms with Crippen LogP contribution >= 0.6 is 0 Å².